The third-order valence-corrected chi connectivity index (χ3v) is 6.10. The number of benzene rings is 1. The fourth-order valence-corrected chi connectivity index (χ4v) is 4.68. The second kappa shape index (κ2) is 7.64. The van der Waals surface area contributed by atoms with Crippen molar-refractivity contribution >= 4 is 44.0 Å². The molecule has 2 aromatic heterocycles. The summed E-state index contributed by atoms with van der Waals surface area (Å²) in [5.74, 6) is 3.59. The Balaban J connectivity index is 1.38. The molecular formula is C20H21ClN4O5S. The van der Waals surface area contributed by atoms with Gasteiger partial charge in [-0.15, -0.1) is 0 Å². The summed E-state index contributed by atoms with van der Waals surface area (Å²) in [7, 11) is -2.36. The minimum Gasteiger partial charge on any atom is -0.456 e. The highest BCUT2D eigenvalue weighted by Gasteiger charge is 2.48. The van der Waals surface area contributed by atoms with Gasteiger partial charge in [0.05, 0.1) is 29.4 Å². The van der Waals surface area contributed by atoms with Crippen LogP contribution < -0.4 is 9.46 Å². The van der Waals surface area contributed by atoms with Crippen molar-refractivity contribution in [2.24, 2.45) is 0 Å². The van der Waals surface area contributed by atoms with Gasteiger partial charge in [0.25, 0.3) is 6.01 Å². The molecule has 0 radical (unpaired) electrons. The number of pyridine rings is 1. The third-order valence-electron chi connectivity index (χ3n) is 5.14. The molecule has 5 atom stereocenters. The van der Waals surface area contributed by atoms with E-state index >= 15 is 0 Å². The molecule has 164 valence electrons. The van der Waals surface area contributed by atoms with Crippen LogP contribution in [0.4, 0.5) is 5.69 Å². The maximum absolute atomic E-state index is 11.8. The van der Waals surface area contributed by atoms with Gasteiger partial charge < -0.3 is 29.0 Å². The zero-order valence-corrected chi connectivity index (χ0v) is 18.2. The Hall–Kier alpha value is -2.37. The molecule has 4 heterocycles. The summed E-state index contributed by atoms with van der Waals surface area (Å²) >= 11 is 6.46. The minimum absolute atomic E-state index is 0.230. The van der Waals surface area contributed by atoms with Crippen LogP contribution in [0, 0.1) is 0 Å². The van der Waals surface area contributed by atoms with Crippen LogP contribution in [0.5, 0.6) is 6.01 Å². The molecule has 1 aromatic carbocycles. The molecule has 2 saturated heterocycles. The zero-order chi connectivity index (χ0) is 21.8. The van der Waals surface area contributed by atoms with Gasteiger partial charge in [0, 0.05) is 27.2 Å². The van der Waals surface area contributed by atoms with Crippen molar-refractivity contribution in [3.8, 4) is 17.3 Å². The smallest absolute Gasteiger partial charge is 0.296 e. The van der Waals surface area contributed by atoms with E-state index in [-0.39, 0.29) is 30.9 Å². The molecule has 3 N–H and O–H groups in total. The van der Waals surface area contributed by atoms with Crippen molar-refractivity contribution in [2.75, 3.05) is 24.2 Å². The Morgan fingerprint density at radius 2 is 2.00 bits per heavy atom. The number of aromatic amines is 1. The Kier molecular flexibility index (Phi) is 5.06. The minimum atomic E-state index is -2.36. The summed E-state index contributed by atoms with van der Waals surface area (Å²) in [5, 5.41) is 10.3. The number of anilines is 1. The van der Waals surface area contributed by atoms with Gasteiger partial charge in [-0.2, -0.15) is 4.98 Å². The number of nitrogens with one attached hydrogen (secondary N) is 2. The fourth-order valence-electron chi connectivity index (χ4n) is 3.79. The van der Waals surface area contributed by atoms with E-state index in [0.29, 0.717) is 34.2 Å². The highest BCUT2D eigenvalue weighted by atomic mass is 35.5. The number of rotatable bonds is 5. The molecule has 11 heteroatoms. The summed E-state index contributed by atoms with van der Waals surface area (Å²) < 4.78 is 31.7. The average Bonchev–Trinajstić information content (AvgIpc) is 3.38. The zero-order valence-electron chi connectivity index (χ0n) is 16.6. The van der Waals surface area contributed by atoms with Crippen molar-refractivity contribution in [3.63, 3.8) is 0 Å². The van der Waals surface area contributed by atoms with E-state index in [1.807, 2.05) is 12.1 Å². The first kappa shape index (κ1) is 20.5. The summed E-state index contributed by atoms with van der Waals surface area (Å²) in [6.45, 7) is 0.537. The average molecular weight is 465 g/mol. The first-order chi connectivity index (χ1) is 14.8. The number of fused-ring (bicyclic) bond motifs is 2. The van der Waals surface area contributed by atoms with Crippen LogP contribution in [0.15, 0.2) is 30.3 Å². The summed E-state index contributed by atoms with van der Waals surface area (Å²) in [5.41, 5.74) is 3.13. The Morgan fingerprint density at radius 1 is 1.26 bits per heavy atom. The second-order valence-corrected chi connectivity index (χ2v) is 10.4. The van der Waals surface area contributed by atoms with Gasteiger partial charge in [-0.05, 0) is 24.1 Å². The van der Waals surface area contributed by atoms with E-state index in [1.165, 1.54) is 6.26 Å². The Morgan fingerprint density at radius 3 is 2.74 bits per heavy atom. The molecule has 5 rings (SSSR count). The lowest BCUT2D eigenvalue weighted by Crippen LogP contribution is -2.34. The predicted octanol–water partition coefficient (Wildman–Crippen LogP) is 1.86. The van der Waals surface area contributed by atoms with E-state index in [4.69, 9.17) is 25.8 Å². The molecule has 2 fully saturated rings. The molecule has 0 amide bonds. The van der Waals surface area contributed by atoms with Crippen LogP contribution in [-0.2, 0) is 19.2 Å². The summed E-state index contributed by atoms with van der Waals surface area (Å²) in [6, 6.07) is 9.26. The summed E-state index contributed by atoms with van der Waals surface area (Å²) in [4.78, 5) is 12.1. The highest BCUT2D eigenvalue weighted by molar-refractivity contribution is 8.00. The number of aliphatic hydroxyl groups is 1. The van der Waals surface area contributed by atoms with E-state index < -0.39 is 15.8 Å². The number of ether oxygens (including phenoxy) is 3. The molecular weight excluding hydrogens is 444 g/mol. The number of imidazole rings is 1. The number of nitrogens with zero attached hydrogens (tertiary/aromatic N) is 2. The first-order valence-electron chi connectivity index (χ1n) is 9.61. The van der Waals surface area contributed by atoms with E-state index in [9.17, 15) is 9.32 Å². The molecule has 2 aliphatic heterocycles. The van der Waals surface area contributed by atoms with E-state index in [2.05, 4.69) is 25.5 Å². The number of halogens is 1. The van der Waals surface area contributed by atoms with Gasteiger partial charge in [0.2, 0.25) is 0 Å². The van der Waals surface area contributed by atoms with E-state index in [0.717, 1.165) is 5.56 Å². The molecule has 0 aliphatic carbocycles. The van der Waals surface area contributed by atoms with E-state index in [1.54, 1.807) is 18.2 Å². The number of hydrogen-bond acceptors (Lipinski definition) is 7. The van der Waals surface area contributed by atoms with Crippen LogP contribution in [0.25, 0.3) is 22.4 Å². The van der Waals surface area contributed by atoms with Gasteiger partial charge in [0.1, 0.15) is 18.3 Å². The Bertz CT molecular complexity index is 1230. The molecule has 3 aromatic rings. The topological polar surface area (TPSA) is 119 Å². The van der Waals surface area contributed by atoms with Gasteiger partial charge in [0.15, 0.2) is 11.8 Å². The van der Waals surface area contributed by atoms with Gasteiger partial charge in [-0.3, -0.25) is 0 Å². The van der Waals surface area contributed by atoms with Crippen molar-refractivity contribution in [1.82, 2.24) is 15.0 Å². The van der Waals surface area contributed by atoms with Crippen LogP contribution in [0.3, 0.4) is 0 Å². The number of hydrogen-bond donors (Lipinski definition) is 3. The lowest BCUT2D eigenvalue weighted by Gasteiger charge is -2.15. The molecule has 5 unspecified atom stereocenters. The second-order valence-electron chi connectivity index (χ2n) is 7.74. The van der Waals surface area contributed by atoms with Crippen LogP contribution in [0.2, 0.25) is 5.02 Å². The van der Waals surface area contributed by atoms with Crippen LogP contribution >= 0.6 is 11.6 Å². The van der Waals surface area contributed by atoms with Gasteiger partial charge >= 0.3 is 0 Å². The first-order valence-corrected chi connectivity index (χ1v) is 12.1. The molecule has 2 aliphatic rings. The van der Waals surface area contributed by atoms with Crippen LogP contribution in [0.1, 0.15) is 0 Å². The Labute approximate surface area is 183 Å². The number of H-pyrrole nitrogens is 1. The largest absolute Gasteiger partial charge is 0.456 e. The number of aliphatic hydroxyl groups excluding tert-OH is 1. The van der Waals surface area contributed by atoms with Crippen molar-refractivity contribution < 1.29 is 23.5 Å². The normalized spacial score (nSPS) is 27.2. The maximum atomic E-state index is 11.8. The molecule has 9 nitrogen and oxygen atoms in total. The molecule has 31 heavy (non-hydrogen) atoms. The lowest BCUT2D eigenvalue weighted by atomic mass is 10.1. The standard InChI is InChI=1S/C20H21ClN4O5S/c1-31(2,27)25-11-5-3-10(4-6-11)16-12(21)7-13-19(23-16)24-20(22-13)30-15-9-29-17-14(26)8-28-18(15)17/h3-7,14-15,17-18,26H,1,8-9H2,2H3,(H,25,27)(H,22,23,24). The highest BCUT2D eigenvalue weighted by Crippen LogP contribution is 2.32. The van der Waals surface area contributed by atoms with Crippen molar-refractivity contribution in [2.45, 2.75) is 24.4 Å². The predicted molar refractivity (Wildman–Crippen MR) is 119 cm³/mol. The summed E-state index contributed by atoms with van der Waals surface area (Å²) in [6.07, 6.45) is -0.200. The van der Waals surface area contributed by atoms with Gasteiger partial charge in [-0.25, -0.2) is 9.19 Å². The van der Waals surface area contributed by atoms with Crippen LogP contribution in [-0.4, -0.2) is 74.0 Å². The quantitative estimate of drug-likeness (QED) is 0.493. The van der Waals surface area contributed by atoms with Crippen molar-refractivity contribution in [3.05, 3.63) is 35.4 Å². The molecule has 0 spiro atoms. The monoisotopic (exact) mass is 464 g/mol. The molecule has 0 bridgehead atoms. The third kappa shape index (κ3) is 4.09. The van der Waals surface area contributed by atoms with Crippen molar-refractivity contribution in [1.29, 1.82) is 0 Å². The van der Waals surface area contributed by atoms with Gasteiger partial charge in [-0.1, -0.05) is 23.7 Å². The SMILES string of the molecule is C=S(C)(=O)Nc1ccc(-c2nc3nc(OC4COC5C(O)COC45)[nH]c3cc2Cl)cc1. The molecule has 0 saturated carbocycles. The number of aromatic nitrogens is 3. The lowest BCUT2D eigenvalue weighted by molar-refractivity contribution is 0.00706. The maximum Gasteiger partial charge on any atom is 0.296 e. The fraction of sp³-hybridized carbons (Fsp3) is 0.350.